The first-order valence-electron chi connectivity index (χ1n) is 9.68. The van der Waals surface area contributed by atoms with Crippen LogP contribution in [-0.2, 0) is 4.74 Å². The fourth-order valence-corrected chi connectivity index (χ4v) is 4.84. The molecule has 3 aromatic rings. The van der Waals surface area contributed by atoms with Gasteiger partial charge in [0.2, 0.25) is 0 Å². The van der Waals surface area contributed by atoms with Crippen molar-refractivity contribution in [3.05, 3.63) is 69.9 Å². The topological polar surface area (TPSA) is 12.5 Å². The molecule has 1 aliphatic heterocycles. The summed E-state index contributed by atoms with van der Waals surface area (Å²) in [6.45, 7) is 6.42. The second-order valence-electron chi connectivity index (χ2n) is 7.25. The van der Waals surface area contributed by atoms with Crippen molar-refractivity contribution in [2.75, 3.05) is 26.2 Å². The summed E-state index contributed by atoms with van der Waals surface area (Å²) in [6.07, 6.45) is 4.06. The minimum Gasteiger partial charge on any atom is -0.367 e. The predicted molar refractivity (Wildman–Crippen MR) is 111 cm³/mol. The van der Waals surface area contributed by atoms with Crippen LogP contribution in [0.3, 0.4) is 0 Å². The number of fused-ring (bicyclic) bond motifs is 1. The van der Waals surface area contributed by atoms with E-state index >= 15 is 0 Å². The molecule has 1 unspecified atom stereocenters. The van der Waals surface area contributed by atoms with E-state index in [1.807, 2.05) is 11.3 Å². The van der Waals surface area contributed by atoms with Crippen LogP contribution in [0, 0.1) is 6.92 Å². The van der Waals surface area contributed by atoms with E-state index in [0.717, 1.165) is 13.2 Å². The van der Waals surface area contributed by atoms with Crippen LogP contribution in [0.1, 0.15) is 41.4 Å². The maximum Gasteiger partial charge on any atom is 0.117 e. The second-order valence-corrected chi connectivity index (χ2v) is 8.19. The van der Waals surface area contributed by atoms with Crippen LogP contribution in [0.5, 0.6) is 0 Å². The third-order valence-corrected chi connectivity index (χ3v) is 6.35. The number of piperidine rings is 1. The predicted octanol–water partition coefficient (Wildman–Crippen LogP) is 5.80. The molecule has 26 heavy (non-hydrogen) atoms. The molecule has 1 atom stereocenters. The lowest BCUT2D eigenvalue weighted by Crippen LogP contribution is -2.33. The first-order valence-corrected chi connectivity index (χ1v) is 10.6. The van der Waals surface area contributed by atoms with Crippen LogP contribution in [0.15, 0.2) is 53.9 Å². The van der Waals surface area contributed by atoms with E-state index in [2.05, 4.69) is 65.7 Å². The van der Waals surface area contributed by atoms with Crippen LogP contribution >= 0.6 is 11.3 Å². The zero-order chi connectivity index (χ0) is 17.8. The fourth-order valence-electron chi connectivity index (χ4n) is 3.88. The van der Waals surface area contributed by atoms with Crippen LogP contribution in [0.4, 0.5) is 0 Å². The highest BCUT2D eigenvalue weighted by molar-refractivity contribution is 7.10. The molecule has 0 N–H and O–H groups in total. The summed E-state index contributed by atoms with van der Waals surface area (Å²) < 4.78 is 6.51. The van der Waals surface area contributed by atoms with Gasteiger partial charge >= 0.3 is 0 Å². The van der Waals surface area contributed by atoms with Gasteiger partial charge in [0.1, 0.15) is 6.10 Å². The number of hydrogen-bond acceptors (Lipinski definition) is 3. The molecule has 0 bridgehead atoms. The van der Waals surface area contributed by atoms with Gasteiger partial charge in [-0.3, -0.25) is 0 Å². The second kappa shape index (κ2) is 8.34. The lowest BCUT2D eigenvalue weighted by atomic mass is 9.99. The molecular weight excluding hydrogens is 338 g/mol. The van der Waals surface area contributed by atoms with Crippen molar-refractivity contribution < 1.29 is 4.74 Å². The van der Waals surface area contributed by atoms with E-state index in [1.165, 1.54) is 59.1 Å². The third kappa shape index (κ3) is 4.01. The summed E-state index contributed by atoms with van der Waals surface area (Å²) in [5.41, 5.74) is 2.60. The van der Waals surface area contributed by atoms with Gasteiger partial charge in [-0.05, 0) is 66.2 Å². The molecule has 2 nitrogen and oxygen atoms in total. The van der Waals surface area contributed by atoms with Gasteiger partial charge < -0.3 is 9.64 Å². The Bertz CT molecular complexity index is 845. The first kappa shape index (κ1) is 17.7. The van der Waals surface area contributed by atoms with Gasteiger partial charge in [0, 0.05) is 11.4 Å². The molecule has 2 aromatic carbocycles. The maximum absolute atomic E-state index is 6.51. The van der Waals surface area contributed by atoms with E-state index in [4.69, 9.17) is 4.74 Å². The van der Waals surface area contributed by atoms with Gasteiger partial charge in [0.05, 0.1) is 6.61 Å². The Hall–Kier alpha value is -1.68. The van der Waals surface area contributed by atoms with E-state index in [0.29, 0.717) is 0 Å². The van der Waals surface area contributed by atoms with Gasteiger partial charge in [-0.1, -0.05) is 48.9 Å². The van der Waals surface area contributed by atoms with Crippen LogP contribution in [0.2, 0.25) is 0 Å². The Morgan fingerprint density at radius 2 is 1.85 bits per heavy atom. The number of aryl methyl sites for hydroxylation is 1. The number of hydrogen-bond donors (Lipinski definition) is 0. The van der Waals surface area contributed by atoms with Gasteiger partial charge in [-0.2, -0.15) is 0 Å². The largest absolute Gasteiger partial charge is 0.367 e. The summed E-state index contributed by atoms with van der Waals surface area (Å²) >= 11 is 1.81. The maximum atomic E-state index is 6.51. The van der Waals surface area contributed by atoms with Crippen molar-refractivity contribution in [1.82, 2.24) is 4.90 Å². The van der Waals surface area contributed by atoms with Gasteiger partial charge in [-0.15, -0.1) is 11.3 Å². The Balaban J connectivity index is 1.58. The van der Waals surface area contributed by atoms with Crippen molar-refractivity contribution in [2.24, 2.45) is 0 Å². The highest BCUT2D eigenvalue weighted by Crippen LogP contribution is 2.35. The fraction of sp³-hybridized carbons (Fsp3) is 0.391. The summed E-state index contributed by atoms with van der Waals surface area (Å²) in [5.74, 6) is 0. The van der Waals surface area contributed by atoms with Crippen molar-refractivity contribution in [3.8, 4) is 0 Å². The summed E-state index contributed by atoms with van der Waals surface area (Å²) in [4.78, 5) is 3.85. The standard InChI is InChI=1S/C23H27NOS/c1-18-16-22(26-17-18)23(25-15-14-24-12-5-2-6-13-24)21-11-7-9-19-8-3-4-10-20(19)21/h3-4,7-11,16-17,23H,2,5-6,12-15H2,1H3. The lowest BCUT2D eigenvalue weighted by molar-refractivity contribution is 0.0582. The minimum absolute atomic E-state index is 0.0181. The minimum atomic E-state index is 0.0181. The van der Waals surface area contributed by atoms with E-state index in [1.54, 1.807) is 0 Å². The molecule has 1 aliphatic rings. The van der Waals surface area contributed by atoms with Crippen LogP contribution < -0.4 is 0 Å². The summed E-state index contributed by atoms with van der Waals surface area (Å²) in [6, 6.07) is 17.5. The molecule has 0 spiro atoms. The molecule has 1 fully saturated rings. The Morgan fingerprint density at radius 1 is 1.04 bits per heavy atom. The Kier molecular flexibility index (Phi) is 5.68. The van der Waals surface area contributed by atoms with Crippen molar-refractivity contribution in [2.45, 2.75) is 32.3 Å². The van der Waals surface area contributed by atoms with E-state index < -0.39 is 0 Å². The van der Waals surface area contributed by atoms with Gasteiger partial charge in [0.25, 0.3) is 0 Å². The monoisotopic (exact) mass is 365 g/mol. The number of likely N-dealkylation sites (tertiary alicyclic amines) is 1. The van der Waals surface area contributed by atoms with Gasteiger partial charge in [0.15, 0.2) is 0 Å². The summed E-state index contributed by atoms with van der Waals surface area (Å²) in [5, 5.41) is 4.80. The number of ether oxygens (including phenoxy) is 1. The zero-order valence-corrected chi connectivity index (χ0v) is 16.3. The molecule has 4 rings (SSSR count). The molecule has 2 heterocycles. The van der Waals surface area contributed by atoms with Crippen molar-refractivity contribution in [3.63, 3.8) is 0 Å². The molecule has 3 heteroatoms. The smallest absolute Gasteiger partial charge is 0.117 e. The van der Waals surface area contributed by atoms with Crippen molar-refractivity contribution in [1.29, 1.82) is 0 Å². The lowest BCUT2D eigenvalue weighted by Gasteiger charge is -2.27. The zero-order valence-electron chi connectivity index (χ0n) is 15.5. The van der Waals surface area contributed by atoms with E-state index in [9.17, 15) is 0 Å². The number of thiophene rings is 1. The first-order chi connectivity index (χ1) is 12.8. The molecule has 1 saturated heterocycles. The number of benzene rings is 2. The number of rotatable bonds is 6. The molecule has 0 aliphatic carbocycles. The third-order valence-electron chi connectivity index (χ3n) is 5.26. The van der Waals surface area contributed by atoms with E-state index in [-0.39, 0.29) is 6.10 Å². The average Bonchev–Trinajstić information content (AvgIpc) is 3.12. The molecule has 0 radical (unpaired) electrons. The average molecular weight is 366 g/mol. The quantitative estimate of drug-likeness (QED) is 0.547. The molecule has 1 aromatic heterocycles. The Morgan fingerprint density at radius 3 is 2.65 bits per heavy atom. The van der Waals surface area contributed by atoms with Crippen molar-refractivity contribution >= 4 is 22.1 Å². The van der Waals surface area contributed by atoms with Crippen LogP contribution in [-0.4, -0.2) is 31.1 Å². The molecular formula is C23H27NOS. The molecule has 136 valence electrons. The Labute approximate surface area is 160 Å². The van der Waals surface area contributed by atoms with Crippen LogP contribution in [0.25, 0.3) is 10.8 Å². The highest BCUT2D eigenvalue weighted by atomic mass is 32.1. The number of nitrogens with zero attached hydrogens (tertiary/aromatic N) is 1. The SMILES string of the molecule is Cc1csc(C(OCCN2CCCCC2)c2cccc3ccccc23)c1. The normalized spacial score (nSPS) is 16.8. The highest BCUT2D eigenvalue weighted by Gasteiger charge is 2.20. The summed E-state index contributed by atoms with van der Waals surface area (Å²) in [7, 11) is 0. The molecule has 0 amide bonds. The molecule has 0 saturated carbocycles. The van der Waals surface area contributed by atoms with Gasteiger partial charge in [-0.25, -0.2) is 0 Å².